The molecule has 1 aromatic carbocycles. The van der Waals surface area contributed by atoms with Crippen LogP contribution in [0, 0.1) is 5.82 Å². The number of hydrogen-bond donors (Lipinski definition) is 1. The van der Waals surface area contributed by atoms with Gasteiger partial charge in [-0.2, -0.15) is 0 Å². The molecule has 1 atom stereocenters. The molecule has 1 unspecified atom stereocenters. The number of rotatable bonds is 3. The number of fused-ring (bicyclic) bond motifs is 2. The fraction of sp³-hybridized carbons (Fsp3) is 0.250. The molecule has 2 aliphatic heterocycles. The van der Waals surface area contributed by atoms with Crippen molar-refractivity contribution in [2.45, 2.75) is 19.2 Å². The fourth-order valence-corrected chi connectivity index (χ4v) is 4.90. The van der Waals surface area contributed by atoms with Crippen LogP contribution >= 0.6 is 22.9 Å². The highest BCUT2D eigenvalue weighted by Crippen LogP contribution is 2.31. The average molecular weight is 448 g/mol. The summed E-state index contributed by atoms with van der Waals surface area (Å²) in [7, 11) is 0. The molecule has 1 fully saturated rings. The van der Waals surface area contributed by atoms with Crippen LogP contribution in [0.5, 0.6) is 5.75 Å². The second-order valence-corrected chi connectivity index (χ2v) is 8.59. The summed E-state index contributed by atoms with van der Waals surface area (Å²) in [6.45, 7) is 1.15. The molecular weight excluding hydrogens is 433 g/mol. The molecule has 0 spiro atoms. The second-order valence-electron chi connectivity index (χ2n) is 7.07. The summed E-state index contributed by atoms with van der Waals surface area (Å²) < 4.78 is 21.3. The van der Waals surface area contributed by atoms with E-state index < -0.39 is 29.1 Å². The van der Waals surface area contributed by atoms with Crippen molar-refractivity contribution in [3.63, 3.8) is 0 Å². The van der Waals surface area contributed by atoms with Gasteiger partial charge in [0.15, 0.2) is 17.7 Å². The van der Waals surface area contributed by atoms with E-state index in [0.29, 0.717) is 30.3 Å². The summed E-state index contributed by atoms with van der Waals surface area (Å²) in [5.41, 5.74) is -0.101. The molecule has 3 aromatic rings. The van der Waals surface area contributed by atoms with Gasteiger partial charge in [0, 0.05) is 30.2 Å². The number of amides is 1. The zero-order valence-electron chi connectivity index (χ0n) is 15.5. The molecule has 0 aliphatic carbocycles. The summed E-state index contributed by atoms with van der Waals surface area (Å²) in [6.07, 6.45) is 2.94. The van der Waals surface area contributed by atoms with Crippen LogP contribution < -0.4 is 5.43 Å². The minimum absolute atomic E-state index is 0.0386. The van der Waals surface area contributed by atoms with E-state index in [0.717, 1.165) is 4.88 Å². The Hall–Kier alpha value is -2.75. The molecule has 7 nitrogen and oxygen atoms in total. The van der Waals surface area contributed by atoms with Gasteiger partial charge >= 0.3 is 0 Å². The Labute approximate surface area is 178 Å². The minimum Gasteiger partial charge on any atom is -0.503 e. The number of thiazole rings is 1. The van der Waals surface area contributed by atoms with Crippen molar-refractivity contribution in [1.29, 1.82) is 0 Å². The van der Waals surface area contributed by atoms with Crippen molar-refractivity contribution >= 4 is 28.8 Å². The molecule has 5 rings (SSSR count). The molecular formula is C20H15ClFN3O4S. The standard InChI is InChI=1S/C20H15ClFN3O4S/c21-13-3-1-2-10(15(13)22)6-11-7-23-19(30-11)12-8-24-9-14-25(4-5-29-14)20(28)16(24)18(27)17(12)26/h1-3,7-8,14,27H,4-6,9H2. The molecule has 1 amide bonds. The highest BCUT2D eigenvalue weighted by Gasteiger charge is 2.39. The molecule has 0 bridgehead atoms. The lowest BCUT2D eigenvalue weighted by atomic mass is 10.1. The SMILES string of the molecule is O=C1c2c(O)c(=O)c(-c3ncc(Cc4cccc(Cl)c4F)s3)cn2CC2OCCN12. The molecule has 1 N–H and O–H groups in total. The summed E-state index contributed by atoms with van der Waals surface area (Å²) in [5, 5.41) is 10.9. The number of aromatic nitrogens is 2. The third-order valence-corrected chi connectivity index (χ3v) is 6.57. The zero-order chi connectivity index (χ0) is 21.0. The monoisotopic (exact) mass is 447 g/mol. The lowest BCUT2D eigenvalue weighted by molar-refractivity contribution is 0.00859. The van der Waals surface area contributed by atoms with Crippen LogP contribution in [0.3, 0.4) is 0 Å². The van der Waals surface area contributed by atoms with Crippen molar-refractivity contribution in [2.75, 3.05) is 13.2 Å². The number of benzene rings is 1. The van der Waals surface area contributed by atoms with Crippen LogP contribution in [0.2, 0.25) is 5.02 Å². The topological polar surface area (TPSA) is 84.7 Å². The number of aromatic hydroxyl groups is 1. The van der Waals surface area contributed by atoms with Crippen molar-refractivity contribution in [1.82, 2.24) is 14.5 Å². The Morgan fingerprint density at radius 1 is 1.37 bits per heavy atom. The zero-order valence-corrected chi connectivity index (χ0v) is 17.0. The number of carbonyl (C=O) groups is 1. The van der Waals surface area contributed by atoms with E-state index >= 15 is 0 Å². The summed E-state index contributed by atoms with van der Waals surface area (Å²) in [6, 6.07) is 4.78. The maximum absolute atomic E-state index is 14.2. The molecule has 30 heavy (non-hydrogen) atoms. The van der Waals surface area contributed by atoms with E-state index in [-0.39, 0.29) is 22.7 Å². The molecule has 4 heterocycles. The first-order valence-electron chi connectivity index (χ1n) is 9.21. The fourth-order valence-electron chi connectivity index (χ4n) is 3.77. The summed E-state index contributed by atoms with van der Waals surface area (Å²) in [5.74, 6) is -1.51. The predicted molar refractivity (Wildman–Crippen MR) is 108 cm³/mol. The number of hydrogen-bond acceptors (Lipinski definition) is 6. The van der Waals surface area contributed by atoms with E-state index in [4.69, 9.17) is 16.3 Å². The van der Waals surface area contributed by atoms with Gasteiger partial charge in [-0.3, -0.25) is 9.59 Å². The van der Waals surface area contributed by atoms with Gasteiger partial charge in [0.2, 0.25) is 5.43 Å². The second kappa shape index (κ2) is 7.19. The van der Waals surface area contributed by atoms with Crippen LogP contribution in [0.25, 0.3) is 10.6 Å². The molecule has 0 radical (unpaired) electrons. The van der Waals surface area contributed by atoms with Crippen LogP contribution in [0.1, 0.15) is 20.9 Å². The van der Waals surface area contributed by atoms with Gasteiger partial charge in [0.1, 0.15) is 10.8 Å². The predicted octanol–water partition coefficient (Wildman–Crippen LogP) is 2.87. The normalized spacial score (nSPS) is 17.9. The average Bonchev–Trinajstić information content (AvgIpc) is 3.38. The Balaban J connectivity index is 1.52. The molecule has 0 saturated carbocycles. The van der Waals surface area contributed by atoms with Crippen molar-refractivity contribution in [3.05, 3.63) is 67.8 Å². The van der Waals surface area contributed by atoms with Gasteiger partial charge in [-0.25, -0.2) is 9.37 Å². The maximum Gasteiger partial charge on any atom is 0.276 e. The third kappa shape index (κ3) is 3.01. The van der Waals surface area contributed by atoms with Gasteiger partial charge in [-0.1, -0.05) is 23.7 Å². The van der Waals surface area contributed by atoms with E-state index in [1.807, 2.05) is 0 Å². The van der Waals surface area contributed by atoms with Crippen molar-refractivity contribution < 1.29 is 19.0 Å². The maximum atomic E-state index is 14.2. The smallest absolute Gasteiger partial charge is 0.276 e. The first-order chi connectivity index (χ1) is 14.4. The highest BCUT2D eigenvalue weighted by atomic mass is 35.5. The van der Waals surface area contributed by atoms with Gasteiger partial charge in [-0.05, 0) is 11.6 Å². The first-order valence-corrected chi connectivity index (χ1v) is 10.4. The quantitative estimate of drug-likeness (QED) is 0.667. The number of nitrogens with zero attached hydrogens (tertiary/aromatic N) is 3. The van der Waals surface area contributed by atoms with Gasteiger partial charge < -0.3 is 19.3 Å². The van der Waals surface area contributed by atoms with E-state index in [9.17, 15) is 19.1 Å². The van der Waals surface area contributed by atoms with E-state index in [1.165, 1.54) is 28.5 Å². The highest BCUT2D eigenvalue weighted by molar-refractivity contribution is 7.15. The minimum atomic E-state index is -0.664. The summed E-state index contributed by atoms with van der Waals surface area (Å²) >= 11 is 7.05. The van der Waals surface area contributed by atoms with Crippen LogP contribution in [0.15, 0.2) is 35.4 Å². The third-order valence-electron chi connectivity index (χ3n) is 5.24. The Morgan fingerprint density at radius 2 is 2.20 bits per heavy atom. The van der Waals surface area contributed by atoms with Crippen LogP contribution in [-0.4, -0.2) is 44.8 Å². The summed E-state index contributed by atoms with van der Waals surface area (Å²) in [4.78, 5) is 31.9. The Kier molecular flexibility index (Phi) is 4.61. The van der Waals surface area contributed by atoms with Crippen LogP contribution in [0.4, 0.5) is 4.39 Å². The van der Waals surface area contributed by atoms with Gasteiger partial charge in [0.05, 0.1) is 23.7 Å². The largest absolute Gasteiger partial charge is 0.503 e. The molecule has 154 valence electrons. The Bertz CT molecular complexity index is 1240. The molecule has 2 aromatic heterocycles. The van der Waals surface area contributed by atoms with E-state index in [2.05, 4.69) is 4.98 Å². The van der Waals surface area contributed by atoms with Gasteiger partial charge in [0.25, 0.3) is 5.91 Å². The lowest BCUT2D eigenvalue weighted by Crippen LogP contribution is -2.45. The van der Waals surface area contributed by atoms with Gasteiger partial charge in [-0.15, -0.1) is 11.3 Å². The Morgan fingerprint density at radius 3 is 3.03 bits per heavy atom. The number of halogens is 2. The van der Waals surface area contributed by atoms with Crippen molar-refractivity contribution in [3.8, 4) is 16.3 Å². The number of carbonyl (C=O) groups excluding carboxylic acids is 1. The van der Waals surface area contributed by atoms with Crippen molar-refractivity contribution in [2.24, 2.45) is 0 Å². The van der Waals surface area contributed by atoms with Crippen LogP contribution in [-0.2, 0) is 17.7 Å². The molecule has 2 aliphatic rings. The lowest BCUT2D eigenvalue weighted by Gasteiger charge is -2.31. The number of pyridine rings is 1. The first kappa shape index (κ1) is 19.2. The van der Waals surface area contributed by atoms with E-state index in [1.54, 1.807) is 22.9 Å². The number of ether oxygens (including phenoxy) is 1. The molecule has 1 saturated heterocycles. The molecule has 10 heteroatoms.